The molecule has 37 heavy (non-hydrogen) atoms. The van der Waals surface area contributed by atoms with E-state index in [-0.39, 0.29) is 16.7 Å². The fraction of sp³-hybridized carbons (Fsp3) is 0.500. The quantitative estimate of drug-likeness (QED) is 0.302. The topological polar surface area (TPSA) is 128 Å². The van der Waals surface area contributed by atoms with Gasteiger partial charge in [0, 0.05) is 31.4 Å². The molecule has 1 aromatic heterocycles. The Kier molecular flexibility index (Phi) is 9.31. The van der Waals surface area contributed by atoms with Gasteiger partial charge in [-0.25, -0.2) is 14.4 Å². The van der Waals surface area contributed by atoms with E-state index in [1.807, 2.05) is 29.2 Å². The maximum absolute atomic E-state index is 12.6. The van der Waals surface area contributed by atoms with Crippen LogP contribution >= 0.6 is 27.3 Å². The van der Waals surface area contributed by atoms with Crippen molar-refractivity contribution in [3.8, 4) is 16.2 Å². The lowest BCUT2D eigenvalue weighted by molar-refractivity contribution is -0.139. The summed E-state index contributed by atoms with van der Waals surface area (Å²) >= 11 is 4.44. The molecule has 1 saturated heterocycles. The third-order valence-electron chi connectivity index (χ3n) is 6.90. The molecule has 1 saturated carbocycles. The Bertz CT molecular complexity index is 1130. The van der Waals surface area contributed by atoms with E-state index < -0.39 is 18.5 Å². The van der Waals surface area contributed by atoms with Gasteiger partial charge in [0.25, 0.3) is 0 Å². The molecule has 0 atom stereocenters. The highest BCUT2D eigenvalue weighted by Gasteiger charge is 2.26. The van der Waals surface area contributed by atoms with Crippen LogP contribution in [-0.2, 0) is 4.79 Å². The summed E-state index contributed by atoms with van der Waals surface area (Å²) in [6, 6.07) is 8.05. The zero-order chi connectivity index (χ0) is 26.4. The van der Waals surface area contributed by atoms with Crippen LogP contribution in [-0.4, -0.2) is 65.4 Å². The molecule has 0 unspecified atom stereocenters. The SMILES string of the molecule is O=C(O)COc1c(C(=O)O)sc(-c2cccc(NCC3CCN(C(=O)NC4CCCCC4)CC3)c2)c1Br. The molecule has 200 valence electrons. The van der Waals surface area contributed by atoms with Crippen LogP contribution < -0.4 is 15.4 Å². The van der Waals surface area contributed by atoms with Crippen molar-refractivity contribution < 1.29 is 29.3 Å². The van der Waals surface area contributed by atoms with Crippen LogP contribution in [0.5, 0.6) is 5.75 Å². The van der Waals surface area contributed by atoms with E-state index in [1.54, 1.807) is 0 Å². The normalized spacial score (nSPS) is 16.8. The lowest BCUT2D eigenvalue weighted by atomic mass is 9.95. The van der Waals surface area contributed by atoms with Gasteiger partial charge in [-0.1, -0.05) is 31.4 Å². The largest absolute Gasteiger partial charge is 0.479 e. The van der Waals surface area contributed by atoms with Gasteiger partial charge in [0.2, 0.25) is 0 Å². The number of benzene rings is 1. The monoisotopic (exact) mass is 593 g/mol. The number of halogens is 1. The number of piperidine rings is 1. The molecule has 0 bridgehead atoms. The highest BCUT2D eigenvalue weighted by molar-refractivity contribution is 9.10. The molecule has 9 nitrogen and oxygen atoms in total. The van der Waals surface area contributed by atoms with Crippen LogP contribution in [0, 0.1) is 5.92 Å². The minimum absolute atomic E-state index is 0.0209. The molecular weight excluding hydrogens is 562 g/mol. The average Bonchev–Trinajstić information content (AvgIpc) is 3.23. The molecule has 2 fully saturated rings. The summed E-state index contributed by atoms with van der Waals surface area (Å²) in [6.07, 6.45) is 7.71. The van der Waals surface area contributed by atoms with Gasteiger partial charge in [-0.15, -0.1) is 11.3 Å². The Morgan fingerprint density at radius 2 is 1.81 bits per heavy atom. The minimum Gasteiger partial charge on any atom is -0.479 e. The summed E-state index contributed by atoms with van der Waals surface area (Å²) in [5, 5.41) is 25.2. The number of rotatable bonds is 9. The van der Waals surface area contributed by atoms with Gasteiger partial charge in [-0.3, -0.25) is 0 Å². The van der Waals surface area contributed by atoms with E-state index in [2.05, 4.69) is 26.6 Å². The van der Waals surface area contributed by atoms with Crippen molar-refractivity contribution in [2.24, 2.45) is 5.92 Å². The number of amides is 2. The van der Waals surface area contributed by atoms with Crippen LogP contribution in [0.3, 0.4) is 0 Å². The number of hydrogen-bond acceptors (Lipinski definition) is 6. The number of aliphatic carboxylic acids is 1. The van der Waals surface area contributed by atoms with Crippen molar-refractivity contribution in [3.05, 3.63) is 33.6 Å². The zero-order valence-corrected chi connectivity index (χ0v) is 22.9. The van der Waals surface area contributed by atoms with Gasteiger partial charge < -0.3 is 30.5 Å². The molecule has 0 radical (unpaired) electrons. The molecule has 4 rings (SSSR count). The van der Waals surface area contributed by atoms with Crippen molar-refractivity contribution in [1.82, 2.24) is 10.2 Å². The van der Waals surface area contributed by atoms with Gasteiger partial charge in [0.05, 0.1) is 9.35 Å². The van der Waals surface area contributed by atoms with E-state index in [9.17, 15) is 19.5 Å². The molecule has 4 N–H and O–H groups in total. The van der Waals surface area contributed by atoms with Crippen molar-refractivity contribution in [2.75, 3.05) is 31.6 Å². The first-order valence-corrected chi connectivity index (χ1v) is 14.2. The molecular formula is C26H32BrN3O6S. The van der Waals surface area contributed by atoms with E-state index in [0.29, 0.717) is 21.3 Å². The maximum Gasteiger partial charge on any atom is 0.349 e. The highest BCUT2D eigenvalue weighted by Crippen LogP contribution is 2.46. The smallest absolute Gasteiger partial charge is 0.349 e. The molecule has 1 aliphatic carbocycles. The van der Waals surface area contributed by atoms with Crippen LogP contribution in [0.4, 0.5) is 10.5 Å². The van der Waals surface area contributed by atoms with E-state index >= 15 is 0 Å². The predicted molar refractivity (Wildman–Crippen MR) is 146 cm³/mol. The van der Waals surface area contributed by atoms with E-state index in [1.165, 1.54) is 19.3 Å². The third-order valence-corrected chi connectivity index (χ3v) is 9.12. The second-order valence-electron chi connectivity index (χ2n) is 9.57. The van der Waals surface area contributed by atoms with Gasteiger partial charge in [0.1, 0.15) is 0 Å². The fourth-order valence-corrected chi connectivity index (χ4v) is 6.76. The van der Waals surface area contributed by atoms with Crippen molar-refractivity contribution in [2.45, 2.75) is 51.0 Å². The fourth-order valence-electron chi connectivity index (χ4n) is 4.87. The summed E-state index contributed by atoms with van der Waals surface area (Å²) in [5.41, 5.74) is 1.70. The van der Waals surface area contributed by atoms with Crippen LogP contribution in [0.25, 0.3) is 10.4 Å². The number of thiophene rings is 1. The van der Waals surface area contributed by atoms with Gasteiger partial charge in [-0.2, -0.15) is 0 Å². The van der Waals surface area contributed by atoms with Crippen molar-refractivity contribution >= 4 is 50.9 Å². The number of ether oxygens (including phenoxy) is 1. The Hall–Kier alpha value is -2.79. The van der Waals surface area contributed by atoms with Crippen LogP contribution in [0.1, 0.15) is 54.6 Å². The van der Waals surface area contributed by atoms with Crippen molar-refractivity contribution in [3.63, 3.8) is 0 Å². The molecule has 2 heterocycles. The summed E-state index contributed by atoms with van der Waals surface area (Å²) in [5.74, 6) is -1.89. The number of hydrogen-bond donors (Lipinski definition) is 4. The molecule has 2 aromatic rings. The van der Waals surface area contributed by atoms with E-state index in [4.69, 9.17) is 9.84 Å². The summed E-state index contributed by atoms with van der Waals surface area (Å²) in [7, 11) is 0. The number of aromatic carboxylic acids is 1. The van der Waals surface area contributed by atoms with Crippen LogP contribution in [0.15, 0.2) is 28.7 Å². The van der Waals surface area contributed by atoms with Gasteiger partial charge in [-0.05, 0) is 65.2 Å². The number of likely N-dealkylation sites (tertiary alicyclic amines) is 1. The summed E-state index contributed by atoms with van der Waals surface area (Å²) < 4.78 is 5.68. The Morgan fingerprint density at radius 3 is 2.49 bits per heavy atom. The third kappa shape index (κ3) is 7.16. The molecule has 1 aliphatic heterocycles. The van der Waals surface area contributed by atoms with Crippen molar-refractivity contribution in [1.29, 1.82) is 0 Å². The van der Waals surface area contributed by atoms with Crippen LogP contribution in [0.2, 0.25) is 0 Å². The Labute approximate surface area is 228 Å². The number of urea groups is 1. The second kappa shape index (κ2) is 12.6. The first-order chi connectivity index (χ1) is 17.8. The summed E-state index contributed by atoms with van der Waals surface area (Å²) in [4.78, 5) is 37.7. The van der Waals surface area contributed by atoms with Gasteiger partial charge in [0.15, 0.2) is 17.2 Å². The number of nitrogens with zero attached hydrogens (tertiary/aromatic N) is 1. The second-order valence-corrected chi connectivity index (χ2v) is 11.4. The molecule has 11 heteroatoms. The standard InChI is InChI=1S/C26H32BrN3O6S/c27-21-22(36-15-20(31)32)24(25(33)34)37-23(21)17-5-4-8-19(13-17)28-14-16-9-11-30(12-10-16)26(35)29-18-6-2-1-3-7-18/h4-5,8,13,16,18,28H,1-3,6-7,9-12,14-15H2,(H,29,35)(H,31,32)(H,33,34). The number of nitrogens with one attached hydrogen (secondary N) is 2. The number of carbonyl (C=O) groups excluding carboxylic acids is 1. The lowest BCUT2D eigenvalue weighted by Gasteiger charge is -2.34. The average molecular weight is 595 g/mol. The number of anilines is 1. The molecule has 1 aromatic carbocycles. The lowest BCUT2D eigenvalue weighted by Crippen LogP contribution is -2.48. The van der Waals surface area contributed by atoms with E-state index in [0.717, 1.165) is 67.9 Å². The van der Waals surface area contributed by atoms with Gasteiger partial charge >= 0.3 is 18.0 Å². The molecule has 2 amide bonds. The predicted octanol–water partition coefficient (Wildman–Crippen LogP) is 5.51. The first kappa shape index (κ1) is 27.3. The zero-order valence-electron chi connectivity index (χ0n) is 20.5. The number of carboxylic acids is 2. The molecule has 0 spiro atoms. The Balaban J connectivity index is 1.33. The summed E-state index contributed by atoms with van der Waals surface area (Å²) in [6.45, 7) is 1.66. The maximum atomic E-state index is 12.6. The minimum atomic E-state index is -1.18. The molecule has 2 aliphatic rings. The number of carbonyl (C=O) groups is 3. The number of carboxylic acid groups (broad SMARTS) is 2. The Morgan fingerprint density at radius 1 is 1.08 bits per heavy atom. The first-order valence-electron chi connectivity index (χ1n) is 12.6. The highest BCUT2D eigenvalue weighted by atomic mass is 79.9.